The zero-order chi connectivity index (χ0) is 18.0. The first-order valence-corrected chi connectivity index (χ1v) is 7.72. The topological polar surface area (TPSA) is 35.5 Å². The van der Waals surface area contributed by atoms with E-state index in [1.807, 2.05) is 0 Å². The van der Waals surface area contributed by atoms with Crippen molar-refractivity contribution < 1.29 is 40.4 Å². The normalized spacial score (nSPS) is 12.3. The lowest BCUT2D eigenvalue weighted by Crippen LogP contribution is -2.23. The van der Waals surface area contributed by atoms with Crippen molar-refractivity contribution >= 4 is 18.4 Å². The van der Waals surface area contributed by atoms with Gasteiger partial charge in [-0.3, -0.25) is 0 Å². The number of para-hydroxylation sites is 2. The molecule has 0 aliphatic carbocycles. The van der Waals surface area contributed by atoms with Crippen LogP contribution in [0.5, 0.6) is 11.5 Å². The fourth-order valence-corrected chi connectivity index (χ4v) is 3.38. The van der Waals surface area contributed by atoms with E-state index in [9.17, 15) is 30.9 Å². The Morgan fingerprint density at radius 2 is 1.00 bits per heavy atom. The summed E-state index contributed by atoms with van der Waals surface area (Å²) in [7, 11) is -3.25. The van der Waals surface area contributed by atoms with Gasteiger partial charge in [-0.2, -0.15) is 0 Å². The smallest absolute Gasteiger partial charge is 0.405 e. The van der Waals surface area contributed by atoms with E-state index in [0.717, 1.165) is 24.3 Å². The minimum absolute atomic E-state index is 0.363. The third kappa shape index (κ3) is 4.92. The van der Waals surface area contributed by atoms with Crippen molar-refractivity contribution in [2.45, 2.75) is 12.7 Å². The molecular weight excluding hydrogens is 361 g/mol. The molecule has 0 heterocycles. The van der Waals surface area contributed by atoms with Crippen LogP contribution in [-0.2, 0) is 4.57 Å². The van der Waals surface area contributed by atoms with Crippen LogP contribution in [0.3, 0.4) is 0 Å². The van der Waals surface area contributed by atoms with Gasteiger partial charge in [0.25, 0.3) is 0 Å². The monoisotopic (exact) mass is 370 g/mol. The van der Waals surface area contributed by atoms with Crippen molar-refractivity contribution in [3.8, 4) is 11.5 Å². The van der Waals surface area contributed by atoms with Gasteiger partial charge in [0.1, 0.15) is 19.3 Å². The van der Waals surface area contributed by atoms with Crippen LogP contribution in [0.2, 0.25) is 0 Å². The summed E-state index contributed by atoms with van der Waals surface area (Å²) in [6, 6.07) is 9.08. The Morgan fingerprint density at radius 3 is 1.33 bits per heavy atom. The van der Waals surface area contributed by atoms with E-state index < -0.39 is 32.0 Å². The minimum atomic E-state index is -5.03. The molecule has 0 N–H and O–H groups in total. The zero-order valence-electron chi connectivity index (χ0n) is 11.6. The number of halogens is 6. The van der Waals surface area contributed by atoms with Crippen LogP contribution in [0.1, 0.15) is 0 Å². The number of ether oxygens (including phenoxy) is 2. The summed E-state index contributed by atoms with van der Waals surface area (Å²) in [6.45, 7) is 0. The quantitative estimate of drug-likeness (QED) is 0.603. The fraction of sp³-hybridized carbons (Fsp3) is 0.143. The van der Waals surface area contributed by atoms with Crippen LogP contribution < -0.4 is 20.1 Å². The summed E-state index contributed by atoms with van der Waals surface area (Å²) in [6.07, 6.45) is -10.1. The van der Waals surface area contributed by atoms with Crippen LogP contribution >= 0.6 is 7.80 Å². The van der Waals surface area contributed by atoms with E-state index in [4.69, 9.17) is 0 Å². The third-order valence-electron chi connectivity index (χ3n) is 2.71. The molecule has 0 spiro atoms. The number of rotatable bonds is 4. The molecule has 2 aromatic carbocycles. The molecular formula is C14H9F6O3P. The van der Waals surface area contributed by atoms with Gasteiger partial charge in [-0.15, -0.1) is 26.3 Å². The maximum atomic E-state index is 12.6. The molecule has 10 heteroatoms. The molecule has 3 nitrogen and oxygen atoms in total. The lowest BCUT2D eigenvalue weighted by atomic mass is 10.3. The summed E-state index contributed by atoms with van der Waals surface area (Å²) in [5.41, 5.74) is 0. The minimum Gasteiger partial charge on any atom is -0.405 e. The van der Waals surface area contributed by atoms with Gasteiger partial charge in [-0.1, -0.05) is 24.3 Å². The molecule has 130 valence electrons. The van der Waals surface area contributed by atoms with Gasteiger partial charge >= 0.3 is 12.7 Å². The number of hydrogen-bond donors (Lipinski definition) is 0. The molecule has 0 aliphatic rings. The molecule has 2 aromatic rings. The molecule has 0 unspecified atom stereocenters. The maximum absolute atomic E-state index is 12.6. The Bertz CT molecular complexity index is 680. The van der Waals surface area contributed by atoms with Crippen molar-refractivity contribution in [2.75, 3.05) is 0 Å². The molecule has 0 amide bonds. The van der Waals surface area contributed by atoms with Gasteiger partial charge in [-0.05, 0) is 24.3 Å². The maximum Gasteiger partial charge on any atom is 0.573 e. The van der Waals surface area contributed by atoms with Gasteiger partial charge in [0, 0.05) is 0 Å². The van der Waals surface area contributed by atoms with E-state index in [1.54, 1.807) is 0 Å². The molecule has 0 saturated carbocycles. The average Bonchev–Trinajstić information content (AvgIpc) is 2.44. The Labute approximate surface area is 132 Å². The van der Waals surface area contributed by atoms with Crippen molar-refractivity contribution in [1.82, 2.24) is 0 Å². The Kier molecular flexibility index (Phi) is 5.13. The molecule has 0 aliphatic heterocycles. The van der Waals surface area contributed by atoms with Crippen molar-refractivity contribution in [3.63, 3.8) is 0 Å². The van der Waals surface area contributed by atoms with Crippen LogP contribution in [0.4, 0.5) is 26.3 Å². The summed E-state index contributed by atoms with van der Waals surface area (Å²) in [4.78, 5) is 0. The second kappa shape index (κ2) is 6.76. The molecule has 0 bridgehead atoms. The van der Waals surface area contributed by atoms with Crippen LogP contribution in [0.25, 0.3) is 0 Å². The number of benzene rings is 2. The van der Waals surface area contributed by atoms with Crippen LogP contribution in [0, 0.1) is 0 Å². The lowest BCUT2D eigenvalue weighted by molar-refractivity contribution is -0.275. The highest BCUT2D eigenvalue weighted by Gasteiger charge is 2.34. The highest BCUT2D eigenvalue weighted by Crippen LogP contribution is 2.33. The fourth-order valence-electron chi connectivity index (χ4n) is 1.88. The third-order valence-corrected chi connectivity index (χ3v) is 4.52. The van der Waals surface area contributed by atoms with Gasteiger partial charge in [-0.25, -0.2) is 0 Å². The summed E-state index contributed by atoms with van der Waals surface area (Å²) in [5, 5.41) is -0.726. The van der Waals surface area contributed by atoms with E-state index in [1.165, 1.54) is 24.3 Å². The van der Waals surface area contributed by atoms with E-state index in [0.29, 0.717) is 0 Å². The first-order valence-electron chi connectivity index (χ1n) is 6.31. The summed E-state index contributed by atoms with van der Waals surface area (Å²) >= 11 is 0. The first kappa shape index (κ1) is 18.2. The molecule has 0 saturated heterocycles. The molecule has 0 aromatic heterocycles. The van der Waals surface area contributed by atoms with E-state index in [2.05, 4.69) is 9.47 Å². The van der Waals surface area contributed by atoms with E-state index >= 15 is 0 Å². The second-order valence-corrected chi connectivity index (χ2v) is 6.15. The standard InChI is InChI=1S/C14H9F6O3P/c15-13(16,17)22-9-5-1-3-7-11(9)24(21)12-8-4-2-6-10(12)23-14(18,19)20/h1-8,24H. The summed E-state index contributed by atoms with van der Waals surface area (Å²) < 4.78 is 94.5. The Morgan fingerprint density at radius 1 is 0.667 bits per heavy atom. The molecule has 2 rings (SSSR count). The van der Waals surface area contributed by atoms with E-state index in [-0.39, 0.29) is 10.6 Å². The van der Waals surface area contributed by atoms with Crippen molar-refractivity contribution in [2.24, 2.45) is 0 Å². The summed E-state index contributed by atoms with van der Waals surface area (Å²) in [5.74, 6) is -1.48. The largest absolute Gasteiger partial charge is 0.573 e. The average molecular weight is 370 g/mol. The Hall–Kier alpha value is -2.15. The predicted octanol–water partition coefficient (Wildman–Crippen LogP) is 3.99. The molecule has 0 radical (unpaired) electrons. The van der Waals surface area contributed by atoms with Crippen molar-refractivity contribution in [3.05, 3.63) is 48.5 Å². The Balaban J connectivity index is 2.44. The zero-order valence-corrected chi connectivity index (χ0v) is 12.6. The lowest BCUT2D eigenvalue weighted by Gasteiger charge is -2.15. The number of alkyl halides is 6. The second-order valence-electron chi connectivity index (χ2n) is 4.42. The molecule has 0 atom stereocenters. The van der Waals surface area contributed by atoms with Crippen molar-refractivity contribution in [1.29, 1.82) is 0 Å². The van der Waals surface area contributed by atoms with Gasteiger partial charge < -0.3 is 14.0 Å². The van der Waals surface area contributed by atoms with Gasteiger partial charge in [0.15, 0.2) is 0 Å². The SMILES string of the molecule is O=[PH](c1ccccc1OC(F)(F)F)c1ccccc1OC(F)(F)F. The molecule has 24 heavy (non-hydrogen) atoms. The van der Waals surface area contributed by atoms with Crippen LogP contribution in [-0.4, -0.2) is 12.7 Å². The molecule has 0 fully saturated rings. The van der Waals surface area contributed by atoms with Gasteiger partial charge in [0.2, 0.25) is 0 Å². The number of hydrogen-bond acceptors (Lipinski definition) is 3. The highest BCUT2D eigenvalue weighted by molar-refractivity contribution is 7.62. The van der Waals surface area contributed by atoms with Gasteiger partial charge in [0.05, 0.1) is 10.6 Å². The first-order chi connectivity index (χ1) is 11.1. The highest BCUT2D eigenvalue weighted by atomic mass is 31.1. The van der Waals surface area contributed by atoms with Crippen LogP contribution in [0.15, 0.2) is 48.5 Å². The predicted molar refractivity (Wildman–Crippen MR) is 74.5 cm³/mol.